The van der Waals surface area contributed by atoms with Crippen LogP contribution in [-0.4, -0.2) is 47.1 Å². The highest BCUT2D eigenvalue weighted by Gasteiger charge is 2.27. The molecule has 0 saturated heterocycles. The molecule has 7 heteroatoms. The Morgan fingerprint density at radius 2 is 1.00 bits per heavy atom. The van der Waals surface area contributed by atoms with Crippen molar-refractivity contribution in [3.05, 3.63) is 0 Å². The van der Waals surface area contributed by atoms with Crippen LogP contribution in [0.4, 0.5) is 0 Å². The lowest BCUT2D eigenvalue weighted by Crippen LogP contribution is -2.31. The van der Waals surface area contributed by atoms with Gasteiger partial charge in [0.1, 0.15) is 0 Å². The van der Waals surface area contributed by atoms with E-state index in [-0.39, 0.29) is 13.2 Å². The highest BCUT2D eigenvalue weighted by Crippen LogP contribution is 2.09. The van der Waals surface area contributed by atoms with Crippen LogP contribution in [-0.2, 0) is 23.9 Å². The van der Waals surface area contributed by atoms with Crippen LogP contribution in [0.3, 0.4) is 0 Å². The summed E-state index contributed by atoms with van der Waals surface area (Å²) >= 11 is 0. The largest absolute Gasteiger partial charge is 0.460 e. The molecule has 0 aliphatic heterocycles. The molecule has 0 heterocycles. The fraction of sp³-hybridized carbons (Fsp3) is 0.769. The zero-order valence-corrected chi connectivity index (χ0v) is 15.4. The summed E-state index contributed by atoms with van der Waals surface area (Å²) in [5.41, 5.74) is 0. The highest BCUT2D eigenvalue weighted by atomic mass is 28.3. The summed E-state index contributed by atoms with van der Waals surface area (Å²) in [7, 11) is -2.66. The number of esters is 2. The lowest BCUT2D eigenvalue weighted by atomic mass is 10.4. The van der Waals surface area contributed by atoms with Gasteiger partial charge in [0.2, 0.25) is 0 Å². The van der Waals surface area contributed by atoms with Gasteiger partial charge in [-0.05, 0) is 12.1 Å². The van der Waals surface area contributed by atoms with Gasteiger partial charge in [-0.25, -0.2) is 9.59 Å². The van der Waals surface area contributed by atoms with Gasteiger partial charge in [0.15, 0.2) is 0 Å². The van der Waals surface area contributed by atoms with Crippen LogP contribution in [0.25, 0.3) is 0 Å². The monoisotopic (exact) mass is 318 g/mol. The van der Waals surface area contributed by atoms with Crippen molar-refractivity contribution < 1.29 is 23.9 Å². The summed E-state index contributed by atoms with van der Waals surface area (Å²) < 4.78 is 9.60. The molecule has 5 nitrogen and oxygen atoms in total. The van der Waals surface area contributed by atoms with E-state index in [4.69, 9.17) is 9.47 Å². The number of rotatable bonds is 8. The lowest BCUT2D eigenvalue weighted by Gasteiger charge is -2.15. The van der Waals surface area contributed by atoms with Crippen LogP contribution in [0, 0.1) is 0 Å². The van der Waals surface area contributed by atoms with Crippen molar-refractivity contribution in [2.45, 2.75) is 51.4 Å². The Morgan fingerprint density at radius 3 is 1.25 bits per heavy atom. The molecular formula is C13H26O5Si2. The smallest absolute Gasteiger partial charge is 0.386 e. The second-order valence-corrected chi connectivity index (χ2v) is 18.5. The maximum absolute atomic E-state index is 11.4. The Hall–Kier alpha value is -0.956. The minimum atomic E-state index is -1.33. The van der Waals surface area contributed by atoms with Gasteiger partial charge in [-0.3, -0.25) is 4.79 Å². The third kappa shape index (κ3) is 9.91. The molecule has 0 atom stereocenters. The number of hydrogen-bond donors (Lipinski definition) is 0. The Labute approximate surface area is 123 Å². The SMILES string of the molecule is C[Si](C)(C)CCOC(=O)C(=O)C(=O)OCC[Si](C)(C)C. The van der Waals surface area contributed by atoms with Crippen LogP contribution in [0.15, 0.2) is 0 Å². The van der Waals surface area contributed by atoms with E-state index in [1.807, 2.05) is 0 Å². The van der Waals surface area contributed by atoms with E-state index in [9.17, 15) is 14.4 Å². The van der Waals surface area contributed by atoms with Crippen LogP contribution < -0.4 is 0 Å². The predicted octanol–water partition coefficient (Wildman–Crippen LogP) is 2.32. The summed E-state index contributed by atoms with van der Waals surface area (Å²) in [4.78, 5) is 34.2. The fourth-order valence-electron chi connectivity index (χ4n) is 1.11. The van der Waals surface area contributed by atoms with Gasteiger partial charge in [0, 0.05) is 16.1 Å². The Balaban J connectivity index is 4.05. The van der Waals surface area contributed by atoms with Gasteiger partial charge in [-0.1, -0.05) is 39.3 Å². The van der Waals surface area contributed by atoms with Crippen LogP contribution in [0.1, 0.15) is 0 Å². The second kappa shape index (κ2) is 7.73. The summed E-state index contributed by atoms with van der Waals surface area (Å²) in [6.45, 7) is 13.2. The van der Waals surface area contributed by atoms with Crippen molar-refractivity contribution in [2.24, 2.45) is 0 Å². The third-order valence-corrected chi connectivity index (χ3v) is 5.95. The molecule has 0 radical (unpaired) electrons. The Bertz CT molecular complexity index is 332. The van der Waals surface area contributed by atoms with Crippen LogP contribution >= 0.6 is 0 Å². The fourth-order valence-corrected chi connectivity index (χ4v) is 2.54. The molecule has 0 aliphatic rings. The number of carbonyl (C=O) groups is 3. The number of hydrogen-bond acceptors (Lipinski definition) is 5. The molecule has 20 heavy (non-hydrogen) atoms. The molecule has 0 amide bonds. The van der Waals surface area contributed by atoms with Gasteiger partial charge < -0.3 is 9.47 Å². The zero-order valence-electron chi connectivity index (χ0n) is 13.4. The molecule has 0 rings (SSSR count). The molecular weight excluding hydrogens is 292 g/mol. The molecule has 0 spiro atoms. The molecule has 0 unspecified atom stereocenters. The minimum Gasteiger partial charge on any atom is -0.460 e. The van der Waals surface area contributed by atoms with E-state index in [1.54, 1.807) is 0 Å². The van der Waals surface area contributed by atoms with Gasteiger partial charge in [-0.15, -0.1) is 0 Å². The van der Waals surface area contributed by atoms with Crippen molar-refractivity contribution in [3.63, 3.8) is 0 Å². The zero-order chi connectivity index (χ0) is 16.0. The average molecular weight is 319 g/mol. The topological polar surface area (TPSA) is 69.7 Å². The quantitative estimate of drug-likeness (QED) is 0.297. The summed E-state index contributed by atoms with van der Waals surface area (Å²) in [5, 5.41) is 0. The highest BCUT2D eigenvalue weighted by molar-refractivity contribution is 6.76. The van der Waals surface area contributed by atoms with Gasteiger partial charge >= 0.3 is 17.7 Å². The minimum absolute atomic E-state index is 0.183. The standard InChI is InChI=1S/C13H26O5Si2/c1-19(2,3)9-7-17-12(15)11(14)13(16)18-8-10-20(4,5)6/h7-10H2,1-6H3. The molecule has 0 fully saturated rings. The van der Waals surface area contributed by atoms with Crippen molar-refractivity contribution >= 4 is 33.9 Å². The maximum atomic E-state index is 11.4. The Morgan fingerprint density at radius 1 is 0.700 bits per heavy atom. The first-order chi connectivity index (χ1) is 8.92. The van der Waals surface area contributed by atoms with Gasteiger partial charge in [0.25, 0.3) is 0 Å². The first-order valence-corrected chi connectivity index (χ1v) is 14.2. The maximum Gasteiger partial charge on any atom is 0.386 e. The van der Waals surface area contributed by atoms with Crippen molar-refractivity contribution in [1.29, 1.82) is 0 Å². The van der Waals surface area contributed by atoms with Crippen molar-refractivity contribution in [1.82, 2.24) is 0 Å². The summed E-state index contributed by atoms with van der Waals surface area (Å²) in [6, 6.07) is 1.52. The molecule has 0 aliphatic carbocycles. The van der Waals surface area contributed by atoms with Gasteiger partial charge in [-0.2, -0.15) is 0 Å². The number of ketones is 1. The average Bonchev–Trinajstić information content (AvgIpc) is 2.24. The molecule has 0 bridgehead atoms. The molecule has 0 aromatic carbocycles. The van der Waals surface area contributed by atoms with E-state index < -0.39 is 33.9 Å². The summed E-state index contributed by atoms with van der Waals surface area (Å²) in [6.07, 6.45) is 0. The first-order valence-electron chi connectivity index (χ1n) is 6.81. The van der Waals surface area contributed by atoms with E-state index >= 15 is 0 Å². The van der Waals surface area contributed by atoms with Crippen LogP contribution in [0.5, 0.6) is 0 Å². The van der Waals surface area contributed by atoms with E-state index in [0.717, 1.165) is 12.1 Å². The number of carbonyl (C=O) groups excluding carboxylic acids is 3. The van der Waals surface area contributed by atoms with E-state index in [2.05, 4.69) is 39.3 Å². The molecule has 0 aromatic heterocycles. The first kappa shape index (κ1) is 19.0. The molecule has 0 N–H and O–H groups in total. The number of ether oxygens (including phenoxy) is 2. The lowest BCUT2D eigenvalue weighted by molar-refractivity contribution is -0.164. The van der Waals surface area contributed by atoms with E-state index in [0.29, 0.717) is 0 Å². The van der Waals surface area contributed by atoms with E-state index in [1.165, 1.54) is 0 Å². The third-order valence-electron chi connectivity index (χ3n) is 2.54. The predicted molar refractivity (Wildman–Crippen MR) is 83.2 cm³/mol. The molecule has 0 aromatic rings. The molecule has 116 valence electrons. The van der Waals surface area contributed by atoms with Crippen LogP contribution in [0.2, 0.25) is 51.4 Å². The Kier molecular flexibility index (Phi) is 7.36. The second-order valence-electron chi connectivity index (χ2n) is 7.22. The van der Waals surface area contributed by atoms with Crippen molar-refractivity contribution in [3.8, 4) is 0 Å². The normalized spacial score (nSPS) is 11.9. The number of Topliss-reactive ketones (excluding diaryl/α,β-unsaturated/α-hetero) is 1. The van der Waals surface area contributed by atoms with Crippen molar-refractivity contribution in [2.75, 3.05) is 13.2 Å². The summed E-state index contributed by atoms with van der Waals surface area (Å²) in [5.74, 6) is -3.43. The molecule has 0 saturated carbocycles. The van der Waals surface area contributed by atoms with Gasteiger partial charge in [0.05, 0.1) is 13.2 Å².